The predicted octanol–water partition coefficient (Wildman–Crippen LogP) is 5.51. The molecule has 1 spiro atoms. The molecule has 1 amide bonds. The molecule has 47 heavy (non-hydrogen) atoms. The van der Waals surface area contributed by atoms with Gasteiger partial charge in [-0.1, -0.05) is 38.1 Å². The highest BCUT2D eigenvalue weighted by Crippen LogP contribution is 2.44. The van der Waals surface area contributed by atoms with Crippen LogP contribution in [0.15, 0.2) is 48.5 Å². The number of nitrogens with two attached hydrogens (primary N) is 1. The van der Waals surface area contributed by atoms with Crippen molar-refractivity contribution in [2.24, 2.45) is 11.3 Å². The standard InChI is InChI=1S/C35H43N7O5/c1-5-45-32(43)30-18-35(21-42(30)34(44)47-19-22(2)3)12-14-41(15-13-35)31-17-26(37-33(36)38-31)20-46-27-9-6-24(7-10-27)25-8-11-28-23(4)39-40-29(28)16-25/h6-11,16-17,22,30H,5,12-15,18-21H2,1-4H3,(H,39,40)(H2,36,37,38). The van der Waals surface area contributed by atoms with Gasteiger partial charge >= 0.3 is 12.1 Å². The van der Waals surface area contributed by atoms with Crippen molar-refractivity contribution in [1.29, 1.82) is 0 Å². The van der Waals surface area contributed by atoms with Crippen LogP contribution in [0.25, 0.3) is 22.0 Å². The van der Waals surface area contributed by atoms with Crippen molar-refractivity contribution in [1.82, 2.24) is 25.1 Å². The summed E-state index contributed by atoms with van der Waals surface area (Å²) in [5.41, 5.74) is 10.8. The molecule has 0 saturated carbocycles. The summed E-state index contributed by atoms with van der Waals surface area (Å²) in [7, 11) is 0. The predicted molar refractivity (Wildman–Crippen MR) is 179 cm³/mol. The van der Waals surface area contributed by atoms with Crippen LogP contribution in [0, 0.1) is 18.3 Å². The summed E-state index contributed by atoms with van der Waals surface area (Å²) in [6.45, 7) is 10.4. The Morgan fingerprint density at radius 1 is 1.04 bits per heavy atom. The number of H-pyrrole nitrogens is 1. The summed E-state index contributed by atoms with van der Waals surface area (Å²) in [4.78, 5) is 38.5. The van der Waals surface area contributed by atoms with Gasteiger partial charge in [0, 0.05) is 31.1 Å². The van der Waals surface area contributed by atoms with E-state index < -0.39 is 12.1 Å². The summed E-state index contributed by atoms with van der Waals surface area (Å²) in [6.07, 6.45) is 1.67. The zero-order chi connectivity index (χ0) is 33.1. The third-order valence-electron chi connectivity index (χ3n) is 9.10. The van der Waals surface area contributed by atoms with E-state index in [2.05, 4.69) is 43.3 Å². The second-order valence-electron chi connectivity index (χ2n) is 13.0. The molecule has 248 valence electrons. The largest absolute Gasteiger partial charge is 0.487 e. The maximum atomic E-state index is 13.0. The number of hydrogen-bond acceptors (Lipinski definition) is 10. The number of nitrogens with zero attached hydrogens (tertiary/aromatic N) is 5. The SMILES string of the molecule is CCOC(=O)C1CC2(CCN(c3cc(COc4ccc(-c5ccc6c(C)n[nH]c6c5)cc4)nc(N)n3)CC2)CN1C(=O)OCC(C)C. The number of carbonyl (C=O) groups excluding carboxylic acids is 2. The van der Waals surface area contributed by atoms with Crippen molar-refractivity contribution < 1.29 is 23.8 Å². The van der Waals surface area contributed by atoms with Crippen molar-refractivity contribution in [3.63, 3.8) is 0 Å². The second kappa shape index (κ2) is 13.5. The molecule has 2 aliphatic rings. The molecule has 1 atom stereocenters. The molecule has 12 heteroatoms. The summed E-state index contributed by atoms with van der Waals surface area (Å²) in [6, 6.07) is 15.5. The Labute approximate surface area is 274 Å². The average molecular weight is 642 g/mol. The van der Waals surface area contributed by atoms with Crippen LogP contribution in [0.5, 0.6) is 5.75 Å². The Morgan fingerprint density at radius 3 is 2.51 bits per heavy atom. The Hall–Kier alpha value is -4.87. The summed E-state index contributed by atoms with van der Waals surface area (Å²) >= 11 is 0. The van der Waals surface area contributed by atoms with Crippen LogP contribution in [0.3, 0.4) is 0 Å². The van der Waals surface area contributed by atoms with E-state index in [1.54, 1.807) is 11.8 Å². The topological polar surface area (TPSA) is 149 Å². The lowest BCUT2D eigenvalue weighted by Gasteiger charge is -2.39. The van der Waals surface area contributed by atoms with Crippen molar-refractivity contribution in [3.05, 3.63) is 59.9 Å². The van der Waals surface area contributed by atoms with Gasteiger partial charge in [0.25, 0.3) is 0 Å². The molecule has 12 nitrogen and oxygen atoms in total. The molecular formula is C35H43N7O5. The minimum atomic E-state index is -0.641. The van der Waals surface area contributed by atoms with Crippen LogP contribution in [-0.2, 0) is 20.9 Å². The number of nitrogen functional groups attached to an aromatic ring is 1. The van der Waals surface area contributed by atoms with E-state index in [-0.39, 0.29) is 36.5 Å². The quantitative estimate of drug-likeness (QED) is 0.224. The molecular weight excluding hydrogens is 598 g/mol. The molecule has 0 bridgehead atoms. The van der Waals surface area contributed by atoms with Crippen LogP contribution in [-0.4, -0.2) is 76.0 Å². The number of benzene rings is 2. The number of piperidine rings is 1. The van der Waals surface area contributed by atoms with Crippen LogP contribution in [0.2, 0.25) is 0 Å². The number of esters is 1. The van der Waals surface area contributed by atoms with Gasteiger partial charge in [-0.15, -0.1) is 0 Å². The monoisotopic (exact) mass is 641 g/mol. The number of likely N-dealkylation sites (tertiary alicyclic amines) is 1. The third-order valence-corrected chi connectivity index (χ3v) is 9.10. The molecule has 3 N–H and O–H groups in total. The van der Waals surface area contributed by atoms with Crippen molar-refractivity contribution in [2.45, 2.75) is 59.6 Å². The number of aromatic nitrogens is 4. The van der Waals surface area contributed by atoms with Crippen molar-refractivity contribution in [2.75, 3.05) is 43.5 Å². The van der Waals surface area contributed by atoms with Crippen LogP contribution < -0.4 is 15.4 Å². The van der Waals surface area contributed by atoms with E-state index >= 15 is 0 Å². The van der Waals surface area contributed by atoms with Gasteiger partial charge < -0.3 is 24.8 Å². The third kappa shape index (κ3) is 7.11. The van der Waals surface area contributed by atoms with Crippen molar-refractivity contribution >= 4 is 34.7 Å². The molecule has 6 rings (SSSR count). The van der Waals surface area contributed by atoms with Gasteiger partial charge in [0.15, 0.2) is 0 Å². The first-order valence-electron chi connectivity index (χ1n) is 16.3. The van der Waals surface area contributed by atoms with Gasteiger partial charge in [0.1, 0.15) is 24.2 Å². The van der Waals surface area contributed by atoms with Crippen LogP contribution in [0.1, 0.15) is 51.4 Å². The Morgan fingerprint density at radius 2 is 1.79 bits per heavy atom. The lowest BCUT2D eigenvalue weighted by atomic mass is 9.76. The Balaban J connectivity index is 1.08. The van der Waals surface area contributed by atoms with Crippen LogP contribution >= 0.6 is 0 Å². The number of aromatic amines is 1. The minimum Gasteiger partial charge on any atom is -0.487 e. The molecule has 2 aromatic carbocycles. The van der Waals surface area contributed by atoms with E-state index in [1.165, 1.54) is 0 Å². The number of ether oxygens (including phenoxy) is 3. The van der Waals surface area contributed by atoms with Gasteiger partial charge in [-0.3, -0.25) is 10.00 Å². The second-order valence-corrected chi connectivity index (χ2v) is 13.0. The highest BCUT2D eigenvalue weighted by atomic mass is 16.6. The maximum absolute atomic E-state index is 13.0. The number of hydrogen-bond donors (Lipinski definition) is 2. The molecule has 2 aliphatic heterocycles. The lowest BCUT2D eigenvalue weighted by Crippen LogP contribution is -2.44. The highest BCUT2D eigenvalue weighted by Gasteiger charge is 2.51. The molecule has 2 fully saturated rings. The molecule has 4 heterocycles. The molecule has 2 saturated heterocycles. The molecule has 2 aromatic heterocycles. The molecule has 4 aromatic rings. The smallest absolute Gasteiger partial charge is 0.410 e. The first-order valence-corrected chi connectivity index (χ1v) is 16.3. The first-order chi connectivity index (χ1) is 22.6. The first kappa shape index (κ1) is 32.1. The maximum Gasteiger partial charge on any atom is 0.410 e. The number of fused-ring (bicyclic) bond motifs is 1. The molecule has 0 radical (unpaired) electrons. The van der Waals surface area contributed by atoms with Gasteiger partial charge in [-0.2, -0.15) is 10.1 Å². The van der Waals surface area contributed by atoms with E-state index in [4.69, 9.17) is 19.9 Å². The van der Waals surface area contributed by atoms with Gasteiger partial charge in [-0.05, 0) is 73.8 Å². The zero-order valence-corrected chi connectivity index (χ0v) is 27.5. The number of amides is 1. The number of carbonyl (C=O) groups is 2. The van der Waals surface area contributed by atoms with Gasteiger partial charge in [0.2, 0.25) is 5.95 Å². The summed E-state index contributed by atoms with van der Waals surface area (Å²) in [5.74, 6) is 1.47. The number of anilines is 2. The lowest BCUT2D eigenvalue weighted by molar-refractivity contribution is -0.148. The van der Waals surface area contributed by atoms with Gasteiger partial charge in [0.05, 0.1) is 30.1 Å². The summed E-state index contributed by atoms with van der Waals surface area (Å²) < 4.78 is 16.9. The zero-order valence-electron chi connectivity index (χ0n) is 27.5. The number of aryl methyl sites for hydroxylation is 1. The average Bonchev–Trinajstić information content (AvgIpc) is 3.63. The Bertz CT molecular complexity index is 1730. The number of nitrogens with one attached hydrogen (secondary N) is 1. The van der Waals surface area contributed by atoms with Crippen LogP contribution in [0.4, 0.5) is 16.6 Å². The van der Waals surface area contributed by atoms with E-state index in [0.29, 0.717) is 38.4 Å². The fourth-order valence-corrected chi connectivity index (χ4v) is 6.57. The fraction of sp³-hybridized carbons (Fsp3) is 0.457. The molecule has 1 unspecified atom stereocenters. The molecule has 0 aliphatic carbocycles. The summed E-state index contributed by atoms with van der Waals surface area (Å²) in [5, 5.41) is 8.49. The normalized spacial score (nSPS) is 17.4. The van der Waals surface area contributed by atoms with E-state index in [9.17, 15) is 9.59 Å². The fourth-order valence-electron chi connectivity index (χ4n) is 6.57. The van der Waals surface area contributed by atoms with Gasteiger partial charge in [-0.25, -0.2) is 14.6 Å². The highest BCUT2D eigenvalue weighted by molar-refractivity contribution is 5.86. The van der Waals surface area contributed by atoms with E-state index in [1.807, 2.05) is 51.1 Å². The number of rotatable bonds is 9. The minimum absolute atomic E-state index is 0.184. The van der Waals surface area contributed by atoms with E-state index in [0.717, 1.165) is 52.1 Å². The van der Waals surface area contributed by atoms with Crippen molar-refractivity contribution in [3.8, 4) is 16.9 Å². The Kier molecular flexibility index (Phi) is 9.19.